The van der Waals surface area contributed by atoms with Gasteiger partial charge in [-0.15, -0.1) is 0 Å². The van der Waals surface area contributed by atoms with Crippen LogP contribution in [0.5, 0.6) is 0 Å². The number of hydrogen-bond acceptors (Lipinski definition) is 5. The molecule has 2 atom stereocenters. The molecule has 0 aliphatic heterocycles. The number of nitrogen functional groups attached to an aromatic ring is 1. The number of benzene rings is 2. The molecule has 1 aromatic heterocycles. The highest BCUT2D eigenvalue weighted by atomic mass is 35.5. The number of anilines is 1. The lowest BCUT2D eigenvalue weighted by molar-refractivity contribution is -0.134. The monoisotopic (exact) mass is 522 g/mol. The molecule has 0 saturated carbocycles. The lowest BCUT2D eigenvalue weighted by Gasteiger charge is -2.21. The molecule has 0 saturated heterocycles. The minimum absolute atomic E-state index is 0.0825. The van der Waals surface area contributed by atoms with Gasteiger partial charge in [0.15, 0.2) is 11.6 Å². The Morgan fingerprint density at radius 3 is 2.37 bits per heavy atom. The predicted molar refractivity (Wildman–Crippen MR) is 129 cm³/mol. The summed E-state index contributed by atoms with van der Waals surface area (Å²) in [5, 5.41) is 16.2. The molecule has 1 heterocycles. The van der Waals surface area contributed by atoms with Crippen LogP contribution in [0.2, 0.25) is 10.0 Å². The van der Waals surface area contributed by atoms with Gasteiger partial charge in [0.1, 0.15) is 18.0 Å². The van der Waals surface area contributed by atoms with Crippen LogP contribution >= 0.6 is 23.2 Å². The van der Waals surface area contributed by atoms with E-state index in [2.05, 4.69) is 15.6 Å². The van der Waals surface area contributed by atoms with Crippen LogP contribution in [0.15, 0.2) is 54.7 Å². The Labute approximate surface area is 210 Å². The summed E-state index contributed by atoms with van der Waals surface area (Å²) < 4.78 is 27.0. The van der Waals surface area contributed by atoms with Crippen LogP contribution in [0.3, 0.4) is 0 Å². The third-order valence-electron chi connectivity index (χ3n) is 5.10. The number of pyridine rings is 1. The maximum Gasteiger partial charge on any atom is 0.249 e. The van der Waals surface area contributed by atoms with Gasteiger partial charge in [-0.25, -0.2) is 13.8 Å². The van der Waals surface area contributed by atoms with Gasteiger partial charge in [0.2, 0.25) is 11.8 Å². The largest absolute Gasteiger partial charge is 0.384 e. The number of nitrogens with one attached hydrogen (secondary N) is 2. The fraction of sp³-hybridized carbons (Fsp3) is 0.208. The molecule has 2 aromatic carbocycles. The van der Waals surface area contributed by atoms with Crippen molar-refractivity contribution in [2.24, 2.45) is 0 Å². The first-order valence-corrected chi connectivity index (χ1v) is 11.2. The molecule has 3 aromatic rings. The summed E-state index contributed by atoms with van der Waals surface area (Å²) >= 11 is 12.0. The molecule has 2 amide bonds. The smallest absolute Gasteiger partial charge is 0.249 e. The van der Waals surface area contributed by atoms with E-state index in [4.69, 9.17) is 28.9 Å². The van der Waals surface area contributed by atoms with Crippen molar-refractivity contribution in [3.63, 3.8) is 0 Å². The van der Waals surface area contributed by atoms with Crippen LogP contribution < -0.4 is 16.4 Å². The number of amides is 2. The fourth-order valence-corrected chi connectivity index (χ4v) is 3.71. The van der Waals surface area contributed by atoms with Crippen molar-refractivity contribution in [2.75, 3.05) is 5.73 Å². The van der Waals surface area contributed by atoms with Crippen LogP contribution in [0.1, 0.15) is 16.7 Å². The second-order valence-corrected chi connectivity index (χ2v) is 8.62. The van der Waals surface area contributed by atoms with E-state index in [-0.39, 0.29) is 30.0 Å². The van der Waals surface area contributed by atoms with E-state index in [0.717, 1.165) is 12.1 Å². The predicted octanol–water partition coefficient (Wildman–Crippen LogP) is 3.20. The number of aliphatic hydroxyl groups excluding tert-OH is 1. The Hall–Kier alpha value is -3.27. The van der Waals surface area contributed by atoms with E-state index >= 15 is 0 Å². The quantitative estimate of drug-likeness (QED) is 0.344. The van der Waals surface area contributed by atoms with Crippen LogP contribution in [0.25, 0.3) is 0 Å². The highest BCUT2D eigenvalue weighted by molar-refractivity contribution is 6.35. The van der Waals surface area contributed by atoms with Crippen LogP contribution in [-0.4, -0.2) is 34.1 Å². The molecule has 3 rings (SSSR count). The van der Waals surface area contributed by atoms with Crippen molar-refractivity contribution in [3.8, 4) is 0 Å². The first kappa shape index (κ1) is 26.3. The minimum Gasteiger partial charge on any atom is -0.384 e. The van der Waals surface area contributed by atoms with Gasteiger partial charge < -0.3 is 21.5 Å². The Morgan fingerprint density at radius 2 is 1.71 bits per heavy atom. The molecule has 0 spiro atoms. The van der Waals surface area contributed by atoms with E-state index in [1.54, 1.807) is 24.3 Å². The normalized spacial score (nSPS) is 12.6. The standard InChI is InChI=1S/C24H22Cl2F2N4O3/c25-16-4-3-15(17(26)10-16)9-21(33)24(35)32-20(8-13-1-5-18(27)19(28)7-13)23(34)31-12-14-2-6-22(29)30-11-14/h1-7,10-11,20-21,33H,8-9,12H2,(H2,29,30)(H,31,34)(H,32,35)/t20-,21+/m0/s1. The van der Waals surface area contributed by atoms with Crippen LogP contribution in [-0.2, 0) is 29.0 Å². The van der Waals surface area contributed by atoms with Crippen LogP contribution in [0.4, 0.5) is 14.6 Å². The fourth-order valence-electron chi connectivity index (χ4n) is 3.22. The lowest BCUT2D eigenvalue weighted by atomic mass is 10.0. The number of nitrogens with zero attached hydrogens (tertiary/aromatic N) is 1. The Morgan fingerprint density at radius 1 is 0.971 bits per heavy atom. The second-order valence-electron chi connectivity index (χ2n) is 7.78. The third kappa shape index (κ3) is 7.61. The zero-order chi connectivity index (χ0) is 25.5. The topological polar surface area (TPSA) is 117 Å². The van der Waals surface area contributed by atoms with Gasteiger partial charge in [0.05, 0.1) is 0 Å². The van der Waals surface area contributed by atoms with Gasteiger partial charge in [-0.2, -0.15) is 0 Å². The molecular weight excluding hydrogens is 501 g/mol. The Balaban J connectivity index is 1.72. The first-order valence-electron chi connectivity index (χ1n) is 10.5. The zero-order valence-corrected chi connectivity index (χ0v) is 19.8. The molecule has 0 aliphatic rings. The van der Waals surface area contributed by atoms with Gasteiger partial charge in [0, 0.05) is 35.6 Å². The van der Waals surface area contributed by atoms with E-state index in [9.17, 15) is 23.5 Å². The summed E-state index contributed by atoms with van der Waals surface area (Å²) in [5.74, 6) is -3.24. The average molecular weight is 523 g/mol. The average Bonchev–Trinajstić information content (AvgIpc) is 2.82. The van der Waals surface area contributed by atoms with Gasteiger partial charge in [0.25, 0.3) is 0 Å². The summed E-state index contributed by atoms with van der Waals surface area (Å²) in [6.07, 6.45) is -0.324. The number of aromatic nitrogens is 1. The second kappa shape index (κ2) is 11.9. The van der Waals surface area contributed by atoms with Crippen molar-refractivity contribution in [3.05, 3.63) is 93.1 Å². The minimum atomic E-state index is -1.53. The first-order chi connectivity index (χ1) is 16.6. The Bertz CT molecular complexity index is 1210. The van der Waals surface area contributed by atoms with Crippen molar-refractivity contribution < 1.29 is 23.5 Å². The number of hydrogen-bond donors (Lipinski definition) is 4. The third-order valence-corrected chi connectivity index (χ3v) is 5.69. The van der Waals surface area contributed by atoms with E-state index < -0.39 is 35.6 Å². The maximum absolute atomic E-state index is 13.7. The summed E-state index contributed by atoms with van der Waals surface area (Å²) in [5.41, 5.74) is 6.96. The van der Waals surface area contributed by atoms with Crippen molar-refractivity contribution in [1.29, 1.82) is 0 Å². The molecule has 11 heteroatoms. The van der Waals surface area contributed by atoms with E-state index in [1.807, 2.05) is 0 Å². The molecule has 35 heavy (non-hydrogen) atoms. The zero-order valence-electron chi connectivity index (χ0n) is 18.3. The summed E-state index contributed by atoms with van der Waals surface area (Å²) in [6.45, 7) is 0.0825. The number of halogens is 4. The van der Waals surface area contributed by atoms with Gasteiger partial charge >= 0.3 is 0 Å². The molecule has 0 fully saturated rings. The molecule has 5 N–H and O–H groups in total. The molecular formula is C24H22Cl2F2N4O3. The Kier molecular flexibility index (Phi) is 8.97. The molecule has 0 unspecified atom stereocenters. The van der Waals surface area contributed by atoms with Crippen molar-refractivity contribution >= 4 is 40.8 Å². The SMILES string of the molecule is Nc1ccc(CNC(=O)[C@H](Cc2ccc(F)c(F)c2)NC(=O)[C@H](O)Cc2ccc(Cl)cc2Cl)cn1. The highest BCUT2D eigenvalue weighted by Gasteiger charge is 2.26. The van der Waals surface area contributed by atoms with E-state index in [0.29, 0.717) is 22.0 Å². The summed E-state index contributed by atoms with van der Waals surface area (Å²) in [7, 11) is 0. The molecule has 0 bridgehead atoms. The molecule has 184 valence electrons. The summed E-state index contributed by atoms with van der Waals surface area (Å²) in [4.78, 5) is 29.5. The molecule has 0 radical (unpaired) electrons. The number of carbonyl (C=O) groups excluding carboxylic acids is 2. The molecule has 0 aliphatic carbocycles. The number of rotatable bonds is 9. The van der Waals surface area contributed by atoms with Crippen molar-refractivity contribution in [2.45, 2.75) is 31.5 Å². The van der Waals surface area contributed by atoms with Gasteiger partial charge in [-0.3, -0.25) is 9.59 Å². The van der Waals surface area contributed by atoms with Gasteiger partial charge in [-0.1, -0.05) is 41.4 Å². The van der Waals surface area contributed by atoms with Crippen LogP contribution in [0, 0.1) is 11.6 Å². The van der Waals surface area contributed by atoms with Gasteiger partial charge in [-0.05, 0) is 47.0 Å². The number of carbonyl (C=O) groups is 2. The molecule has 7 nitrogen and oxygen atoms in total. The lowest BCUT2D eigenvalue weighted by Crippen LogP contribution is -2.51. The van der Waals surface area contributed by atoms with E-state index in [1.165, 1.54) is 18.3 Å². The summed E-state index contributed by atoms with van der Waals surface area (Å²) in [6, 6.07) is 9.85. The maximum atomic E-state index is 13.7. The highest BCUT2D eigenvalue weighted by Crippen LogP contribution is 2.22. The number of nitrogens with two attached hydrogens (primary N) is 1. The number of aliphatic hydroxyl groups is 1. The van der Waals surface area contributed by atoms with Crippen molar-refractivity contribution in [1.82, 2.24) is 15.6 Å².